The molecule has 0 bridgehead atoms. The van der Waals surface area contributed by atoms with Crippen LogP contribution in [0.5, 0.6) is 0 Å². The van der Waals surface area contributed by atoms with Crippen LogP contribution in [0, 0.1) is 52.3 Å². The standard InChI is InChI=1S/C38H60N2O4/c1-24(2)8-6-9-25(3)32-13-14-33-31-12-11-27-22-30(15-17-37(27,4)34(31)16-18-38(32,33)5)44-35(41)10-7-19-43-36(42)26-20-28(39)23-29(40)21-26/h20-21,23-25,27,30-34H,6-19,22,39-40H2,1-5H3. The third-order valence-corrected chi connectivity index (χ3v) is 13.1. The number of carbonyl (C=O) groups excluding carboxylic acids is 2. The lowest BCUT2D eigenvalue weighted by molar-refractivity contribution is -0.163. The van der Waals surface area contributed by atoms with Crippen LogP contribution in [0.15, 0.2) is 18.2 Å². The van der Waals surface area contributed by atoms with Gasteiger partial charge in [-0.2, -0.15) is 0 Å². The molecule has 4 fully saturated rings. The third-order valence-electron chi connectivity index (χ3n) is 13.1. The minimum atomic E-state index is -0.480. The first-order chi connectivity index (χ1) is 20.9. The molecule has 0 heterocycles. The van der Waals surface area contributed by atoms with Crippen LogP contribution in [0.25, 0.3) is 0 Å². The Balaban J connectivity index is 1.08. The summed E-state index contributed by atoms with van der Waals surface area (Å²) in [7, 11) is 0. The summed E-state index contributed by atoms with van der Waals surface area (Å²) in [6.45, 7) is 12.7. The largest absolute Gasteiger partial charge is 0.462 e. The highest BCUT2D eigenvalue weighted by Gasteiger charge is 2.60. The molecule has 0 saturated heterocycles. The van der Waals surface area contributed by atoms with Gasteiger partial charge in [0.1, 0.15) is 6.10 Å². The average Bonchev–Trinajstić information content (AvgIpc) is 3.32. The van der Waals surface area contributed by atoms with E-state index in [1.165, 1.54) is 64.2 Å². The highest BCUT2D eigenvalue weighted by Crippen LogP contribution is 2.68. The molecule has 4 saturated carbocycles. The zero-order chi connectivity index (χ0) is 31.6. The van der Waals surface area contributed by atoms with E-state index in [2.05, 4.69) is 34.6 Å². The minimum absolute atomic E-state index is 0.0198. The van der Waals surface area contributed by atoms with Crippen molar-refractivity contribution in [2.45, 2.75) is 131 Å². The van der Waals surface area contributed by atoms with Crippen LogP contribution in [0.4, 0.5) is 11.4 Å². The molecule has 0 aromatic heterocycles. The van der Waals surface area contributed by atoms with E-state index in [-0.39, 0.29) is 25.1 Å². The van der Waals surface area contributed by atoms with Gasteiger partial charge < -0.3 is 20.9 Å². The number of benzene rings is 1. The van der Waals surface area contributed by atoms with Gasteiger partial charge >= 0.3 is 11.9 Å². The monoisotopic (exact) mass is 608 g/mol. The number of esters is 2. The third kappa shape index (κ3) is 6.94. The molecule has 5 rings (SSSR count). The Morgan fingerprint density at radius 1 is 0.864 bits per heavy atom. The summed E-state index contributed by atoms with van der Waals surface area (Å²) in [5.74, 6) is 5.18. The molecule has 44 heavy (non-hydrogen) atoms. The number of hydrogen-bond acceptors (Lipinski definition) is 6. The Hall–Kier alpha value is -2.24. The molecular weight excluding hydrogens is 548 g/mol. The molecule has 9 unspecified atom stereocenters. The van der Waals surface area contributed by atoms with Gasteiger partial charge in [-0.1, -0.05) is 53.9 Å². The Morgan fingerprint density at radius 3 is 2.30 bits per heavy atom. The van der Waals surface area contributed by atoms with E-state index in [1.807, 2.05) is 0 Å². The van der Waals surface area contributed by atoms with Gasteiger partial charge in [-0.25, -0.2) is 4.79 Å². The van der Waals surface area contributed by atoms with Gasteiger partial charge in [0.05, 0.1) is 12.2 Å². The van der Waals surface area contributed by atoms with E-state index in [0.29, 0.717) is 40.1 Å². The lowest BCUT2D eigenvalue weighted by Crippen LogP contribution is -2.54. The first kappa shape index (κ1) is 33.1. The molecule has 1 aromatic carbocycles. The second-order valence-corrected chi connectivity index (χ2v) is 16.2. The quantitative estimate of drug-likeness (QED) is 0.148. The average molecular weight is 609 g/mol. The number of nitrogens with two attached hydrogens (primary N) is 2. The van der Waals surface area contributed by atoms with E-state index < -0.39 is 5.97 Å². The Kier molecular flexibility index (Phi) is 10.3. The molecule has 1 aromatic rings. The van der Waals surface area contributed by atoms with Crippen molar-refractivity contribution in [2.24, 2.45) is 52.3 Å². The van der Waals surface area contributed by atoms with Crippen molar-refractivity contribution in [3.8, 4) is 0 Å². The topological polar surface area (TPSA) is 105 Å². The second kappa shape index (κ2) is 13.6. The molecule has 246 valence electrons. The summed E-state index contributed by atoms with van der Waals surface area (Å²) in [6, 6.07) is 4.69. The number of hydrogen-bond donors (Lipinski definition) is 2. The van der Waals surface area contributed by atoms with Crippen LogP contribution in [-0.4, -0.2) is 24.6 Å². The number of nitrogen functional groups attached to an aromatic ring is 2. The fourth-order valence-electron chi connectivity index (χ4n) is 10.9. The number of fused-ring (bicyclic) bond motifs is 5. The van der Waals surface area contributed by atoms with Crippen molar-refractivity contribution in [2.75, 3.05) is 18.1 Å². The predicted molar refractivity (Wildman–Crippen MR) is 178 cm³/mol. The lowest BCUT2D eigenvalue weighted by Gasteiger charge is -2.61. The summed E-state index contributed by atoms with van der Waals surface area (Å²) in [5, 5.41) is 0. The SMILES string of the molecule is CC(C)CCCC(C)C1CCC2C3CCC4CC(OC(=O)CCCOC(=O)c5cc(N)cc(N)c5)CCC4(C)C3CCC12C. The van der Waals surface area contributed by atoms with Gasteiger partial charge in [0.25, 0.3) is 0 Å². The molecule has 0 radical (unpaired) electrons. The maximum absolute atomic E-state index is 12.7. The Morgan fingerprint density at radius 2 is 1.57 bits per heavy atom. The number of anilines is 2. The number of rotatable bonds is 11. The van der Waals surface area contributed by atoms with Crippen LogP contribution in [0.1, 0.15) is 135 Å². The summed E-state index contributed by atoms with van der Waals surface area (Å²) in [4.78, 5) is 25.0. The maximum Gasteiger partial charge on any atom is 0.338 e. The van der Waals surface area contributed by atoms with E-state index in [1.54, 1.807) is 18.2 Å². The van der Waals surface area contributed by atoms with Crippen molar-refractivity contribution in [1.29, 1.82) is 0 Å². The molecule has 6 nitrogen and oxygen atoms in total. The number of carbonyl (C=O) groups is 2. The van der Waals surface area contributed by atoms with Crippen LogP contribution in [0.2, 0.25) is 0 Å². The van der Waals surface area contributed by atoms with Crippen molar-refractivity contribution < 1.29 is 19.1 Å². The van der Waals surface area contributed by atoms with E-state index >= 15 is 0 Å². The van der Waals surface area contributed by atoms with E-state index in [0.717, 1.165) is 48.3 Å². The molecule has 0 amide bonds. The van der Waals surface area contributed by atoms with Crippen LogP contribution in [0.3, 0.4) is 0 Å². The smallest absolute Gasteiger partial charge is 0.338 e. The summed E-state index contributed by atoms with van der Waals surface area (Å²) in [6.07, 6.45) is 16.4. The molecule has 0 spiro atoms. The molecule has 4 N–H and O–H groups in total. The zero-order valence-corrected chi connectivity index (χ0v) is 28.2. The van der Waals surface area contributed by atoms with Gasteiger partial charge in [0.2, 0.25) is 0 Å². The van der Waals surface area contributed by atoms with Crippen molar-refractivity contribution in [1.82, 2.24) is 0 Å². The summed E-state index contributed by atoms with van der Waals surface area (Å²) in [5.41, 5.74) is 13.6. The molecule has 6 heteroatoms. The molecular formula is C38H60N2O4. The second-order valence-electron chi connectivity index (χ2n) is 16.2. The molecule has 4 aliphatic rings. The fourth-order valence-corrected chi connectivity index (χ4v) is 10.9. The predicted octanol–water partition coefficient (Wildman–Crippen LogP) is 8.82. The van der Waals surface area contributed by atoms with Crippen LogP contribution >= 0.6 is 0 Å². The minimum Gasteiger partial charge on any atom is -0.462 e. The van der Waals surface area contributed by atoms with Crippen molar-refractivity contribution in [3.05, 3.63) is 23.8 Å². The first-order valence-corrected chi connectivity index (χ1v) is 17.9. The van der Waals surface area contributed by atoms with E-state index in [4.69, 9.17) is 20.9 Å². The van der Waals surface area contributed by atoms with Crippen LogP contribution in [-0.2, 0) is 14.3 Å². The maximum atomic E-state index is 12.7. The van der Waals surface area contributed by atoms with Gasteiger partial charge in [0, 0.05) is 17.8 Å². The first-order valence-electron chi connectivity index (χ1n) is 17.9. The fraction of sp³-hybridized carbons (Fsp3) is 0.789. The van der Waals surface area contributed by atoms with Gasteiger partial charge in [-0.3, -0.25) is 4.79 Å². The number of ether oxygens (including phenoxy) is 2. The van der Waals surface area contributed by atoms with Crippen molar-refractivity contribution >= 4 is 23.3 Å². The highest BCUT2D eigenvalue weighted by molar-refractivity contribution is 5.91. The van der Waals surface area contributed by atoms with Gasteiger partial charge in [-0.05, 0) is 135 Å². The Bertz CT molecular complexity index is 1150. The van der Waals surface area contributed by atoms with Gasteiger partial charge in [-0.15, -0.1) is 0 Å². The molecule has 4 aliphatic carbocycles. The Labute approximate surface area is 266 Å². The zero-order valence-electron chi connectivity index (χ0n) is 28.2. The normalized spacial score (nSPS) is 35.3. The lowest BCUT2D eigenvalue weighted by atomic mass is 9.44. The summed E-state index contributed by atoms with van der Waals surface area (Å²) < 4.78 is 11.3. The molecule has 9 atom stereocenters. The molecule has 0 aliphatic heterocycles. The van der Waals surface area contributed by atoms with Gasteiger partial charge in [0.15, 0.2) is 0 Å². The van der Waals surface area contributed by atoms with Crippen molar-refractivity contribution in [3.63, 3.8) is 0 Å². The van der Waals surface area contributed by atoms with E-state index in [9.17, 15) is 9.59 Å². The summed E-state index contributed by atoms with van der Waals surface area (Å²) >= 11 is 0. The van der Waals surface area contributed by atoms with Crippen LogP contribution < -0.4 is 11.5 Å². The highest BCUT2D eigenvalue weighted by atomic mass is 16.5.